The Morgan fingerprint density at radius 1 is 1.12 bits per heavy atom. The van der Waals surface area contributed by atoms with Crippen molar-refractivity contribution < 1.29 is 13.2 Å². The van der Waals surface area contributed by atoms with E-state index in [9.17, 15) is 8.42 Å². The SMILES string of the molecule is COc1cnc(NS(=O)(=O)c2ccc(NCc3cnc(Cl)s3)cc2)nc1. The zero-order chi connectivity index (χ0) is 18.6. The Bertz CT molecular complexity index is 975. The Balaban J connectivity index is 1.65. The molecular formula is C15H14ClN5O3S2. The molecule has 2 aromatic heterocycles. The lowest BCUT2D eigenvalue weighted by atomic mass is 10.3. The van der Waals surface area contributed by atoms with E-state index in [1.165, 1.54) is 43.0 Å². The monoisotopic (exact) mass is 411 g/mol. The Morgan fingerprint density at radius 3 is 2.38 bits per heavy atom. The maximum atomic E-state index is 12.4. The molecule has 0 fully saturated rings. The summed E-state index contributed by atoms with van der Waals surface area (Å²) in [7, 11) is -2.31. The van der Waals surface area contributed by atoms with Crippen LogP contribution in [-0.2, 0) is 16.6 Å². The van der Waals surface area contributed by atoms with Crippen molar-refractivity contribution in [3.8, 4) is 5.75 Å². The van der Waals surface area contributed by atoms with Crippen LogP contribution < -0.4 is 14.8 Å². The molecule has 0 bridgehead atoms. The van der Waals surface area contributed by atoms with Gasteiger partial charge in [-0.15, -0.1) is 11.3 Å². The van der Waals surface area contributed by atoms with Crippen LogP contribution >= 0.6 is 22.9 Å². The standard InChI is InChI=1S/C15H14ClN5O3S2/c1-24-11-6-19-15(20-7-11)21-26(22,23)13-4-2-10(3-5-13)17-8-12-9-18-14(16)25-12/h2-7,9,17H,8H2,1H3,(H,19,20,21). The molecule has 1 aromatic carbocycles. The quantitative estimate of drug-likeness (QED) is 0.615. The zero-order valence-corrected chi connectivity index (χ0v) is 15.9. The van der Waals surface area contributed by atoms with Gasteiger partial charge in [0.2, 0.25) is 5.95 Å². The summed E-state index contributed by atoms with van der Waals surface area (Å²) in [6, 6.07) is 6.33. The van der Waals surface area contributed by atoms with Crippen molar-refractivity contribution in [1.82, 2.24) is 15.0 Å². The van der Waals surface area contributed by atoms with Crippen LogP contribution in [0.15, 0.2) is 47.8 Å². The van der Waals surface area contributed by atoms with Gasteiger partial charge in [-0.1, -0.05) is 11.6 Å². The number of sulfonamides is 1. The van der Waals surface area contributed by atoms with Crippen molar-refractivity contribution in [1.29, 1.82) is 0 Å². The molecule has 0 unspecified atom stereocenters. The highest BCUT2D eigenvalue weighted by Gasteiger charge is 2.15. The van der Waals surface area contributed by atoms with Gasteiger partial charge in [-0.05, 0) is 24.3 Å². The molecule has 0 atom stereocenters. The predicted octanol–water partition coefficient (Wildman–Crippen LogP) is 3.01. The lowest BCUT2D eigenvalue weighted by Gasteiger charge is -2.09. The topological polar surface area (TPSA) is 106 Å². The van der Waals surface area contributed by atoms with Crippen molar-refractivity contribution in [2.24, 2.45) is 0 Å². The summed E-state index contributed by atoms with van der Waals surface area (Å²) in [6.07, 6.45) is 4.45. The molecule has 0 aliphatic heterocycles. The first-order valence-electron chi connectivity index (χ1n) is 7.29. The van der Waals surface area contributed by atoms with E-state index < -0.39 is 10.0 Å². The number of hydrogen-bond acceptors (Lipinski definition) is 8. The molecule has 2 N–H and O–H groups in total. The molecule has 0 saturated heterocycles. The molecule has 0 spiro atoms. The minimum atomic E-state index is -3.78. The molecule has 8 nitrogen and oxygen atoms in total. The number of thiazole rings is 1. The third kappa shape index (κ3) is 4.59. The second kappa shape index (κ2) is 7.85. The number of hydrogen-bond donors (Lipinski definition) is 2. The van der Waals surface area contributed by atoms with E-state index in [0.29, 0.717) is 16.8 Å². The maximum Gasteiger partial charge on any atom is 0.264 e. The summed E-state index contributed by atoms with van der Waals surface area (Å²) in [5.74, 6) is 0.403. The lowest BCUT2D eigenvalue weighted by Crippen LogP contribution is -2.15. The first-order valence-corrected chi connectivity index (χ1v) is 9.97. The van der Waals surface area contributed by atoms with Gasteiger partial charge in [-0.25, -0.2) is 28.1 Å². The fourth-order valence-corrected chi connectivity index (χ4v) is 3.84. The third-order valence-corrected chi connectivity index (χ3v) is 5.71. The van der Waals surface area contributed by atoms with Crippen LogP contribution in [0.3, 0.4) is 0 Å². The average molecular weight is 412 g/mol. The molecule has 0 amide bonds. The van der Waals surface area contributed by atoms with Gasteiger partial charge in [0, 0.05) is 16.8 Å². The first kappa shape index (κ1) is 18.4. The molecule has 0 aliphatic carbocycles. The van der Waals surface area contributed by atoms with Crippen LogP contribution in [-0.4, -0.2) is 30.5 Å². The molecule has 3 rings (SSSR count). The summed E-state index contributed by atoms with van der Waals surface area (Å²) in [5.41, 5.74) is 0.772. The van der Waals surface area contributed by atoms with Gasteiger partial charge in [0.05, 0.1) is 30.9 Å². The highest BCUT2D eigenvalue weighted by atomic mass is 35.5. The summed E-state index contributed by atoms with van der Waals surface area (Å²) < 4.78 is 32.5. The highest BCUT2D eigenvalue weighted by molar-refractivity contribution is 7.92. The van der Waals surface area contributed by atoms with Crippen molar-refractivity contribution in [3.63, 3.8) is 0 Å². The second-order valence-corrected chi connectivity index (χ2v) is 8.39. The van der Waals surface area contributed by atoms with E-state index in [1.807, 2.05) is 0 Å². The van der Waals surface area contributed by atoms with E-state index in [2.05, 4.69) is 25.0 Å². The molecule has 3 aromatic rings. The van der Waals surface area contributed by atoms with Gasteiger partial charge >= 0.3 is 0 Å². The first-order chi connectivity index (χ1) is 12.5. The number of methoxy groups -OCH3 is 1. The lowest BCUT2D eigenvalue weighted by molar-refractivity contribution is 0.411. The fourth-order valence-electron chi connectivity index (χ4n) is 1.96. The number of benzene rings is 1. The highest BCUT2D eigenvalue weighted by Crippen LogP contribution is 2.20. The Kier molecular flexibility index (Phi) is 5.55. The zero-order valence-electron chi connectivity index (χ0n) is 13.5. The van der Waals surface area contributed by atoms with Crippen LogP contribution in [0.5, 0.6) is 5.75 Å². The van der Waals surface area contributed by atoms with Gasteiger partial charge in [-0.3, -0.25) is 0 Å². The van der Waals surface area contributed by atoms with E-state index in [1.54, 1.807) is 18.3 Å². The number of rotatable bonds is 7. The van der Waals surface area contributed by atoms with Crippen molar-refractivity contribution in [3.05, 3.63) is 52.2 Å². The number of ether oxygens (including phenoxy) is 1. The van der Waals surface area contributed by atoms with Gasteiger partial charge < -0.3 is 10.1 Å². The predicted molar refractivity (Wildman–Crippen MR) is 100 cm³/mol. The van der Waals surface area contributed by atoms with Crippen molar-refractivity contribution in [2.45, 2.75) is 11.4 Å². The van der Waals surface area contributed by atoms with Gasteiger partial charge in [0.25, 0.3) is 10.0 Å². The van der Waals surface area contributed by atoms with E-state index in [0.717, 1.165) is 10.6 Å². The van der Waals surface area contributed by atoms with Crippen LogP contribution in [0.4, 0.5) is 11.6 Å². The van der Waals surface area contributed by atoms with Gasteiger partial charge in [-0.2, -0.15) is 0 Å². The summed E-state index contributed by atoms with van der Waals surface area (Å²) in [6.45, 7) is 0.550. The molecule has 0 aliphatic rings. The van der Waals surface area contributed by atoms with Crippen molar-refractivity contribution in [2.75, 3.05) is 17.1 Å². The number of aromatic nitrogens is 3. The van der Waals surface area contributed by atoms with Crippen molar-refractivity contribution >= 4 is 44.6 Å². The van der Waals surface area contributed by atoms with Crippen LogP contribution in [0.2, 0.25) is 4.47 Å². The number of halogens is 1. The van der Waals surface area contributed by atoms with E-state index >= 15 is 0 Å². The van der Waals surface area contributed by atoms with Crippen LogP contribution in [0, 0.1) is 0 Å². The Hall–Kier alpha value is -2.43. The maximum absolute atomic E-state index is 12.4. The number of nitrogens with one attached hydrogen (secondary N) is 2. The third-order valence-electron chi connectivity index (χ3n) is 3.25. The van der Waals surface area contributed by atoms with Crippen LogP contribution in [0.1, 0.15) is 4.88 Å². The largest absolute Gasteiger partial charge is 0.494 e. The van der Waals surface area contributed by atoms with Gasteiger partial charge in [0.15, 0.2) is 10.2 Å². The summed E-state index contributed by atoms with van der Waals surface area (Å²) >= 11 is 7.17. The summed E-state index contributed by atoms with van der Waals surface area (Å²) in [5, 5.41) is 3.17. The smallest absolute Gasteiger partial charge is 0.264 e. The number of anilines is 2. The molecule has 136 valence electrons. The van der Waals surface area contributed by atoms with E-state index in [4.69, 9.17) is 16.3 Å². The average Bonchev–Trinajstić information content (AvgIpc) is 3.06. The molecule has 11 heteroatoms. The Morgan fingerprint density at radius 2 is 1.81 bits per heavy atom. The molecule has 26 heavy (non-hydrogen) atoms. The number of nitrogens with zero attached hydrogens (tertiary/aromatic N) is 3. The minimum Gasteiger partial charge on any atom is -0.494 e. The molecular weight excluding hydrogens is 398 g/mol. The second-order valence-electron chi connectivity index (χ2n) is 5.01. The van der Waals surface area contributed by atoms with E-state index in [-0.39, 0.29) is 10.8 Å². The molecule has 0 saturated carbocycles. The Labute approximate surface area is 159 Å². The molecule has 2 heterocycles. The minimum absolute atomic E-state index is 0.0323. The van der Waals surface area contributed by atoms with Crippen LogP contribution in [0.25, 0.3) is 0 Å². The normalized spacial score (nSPS) is 11.2. The summed E-state index contributed by atoms with van der Waals surface area (Å²) in [4.78, 5) is 12.8. The fraction of sp³-hybridized carbons (Fsp3) is 0.133. The molecule has 0 radical (unpaired) electrons. The van der Waals surface area contributed by atoms with Gasteiger partial charge in [0.1, 0.15) is 0 Å².